The lowest BCUT2D eigenvalue weighted by molar-refractivity contribution is -0.163. The van der Waals surface area contributed by atoms with Gasteiger partial charge in [-0.15, -0.1) is 0 Å². The minimum absolute atomic E-state index is 0.0118. The normalized spacial score (nSPS) is 13.1. The van der Waals surface area contributed by atoms with Crippen LogP contribution in [0.5, 0.6) is 0 Å². The van der Waals surface area contributed by atoms with E-state index in [1.807, 2.05) is 30.3 Å². The van der Waals surface area contributed by atoms with Crippen LogP contribution in [-0.2, 0) is 35.1 Å². The second kappa shape index (κ2) is 11.5. The lowest BCUT2D eigenvalue weighted by atomic mass is 9.94. The van der Waals surface area contributed by atoms with Gasteiger partial charge in [-0.05, 0) is 46.6 Å². The first-order valence-electron chi connectivity index (χ1n) is 9.90. The van der Waals surface area contributed by atoms with Crippen molar-refractivity contribution in [3.8, 4) is 0 Å². The Labute approximate surface area is 178 Å². The lowest BCUT2D eigenvalue weighted by Gasteiger charge is -2.39. The number of hydrogen-bond donors (Lipinski definition) is 0. The number of rotatable bonds is 10. The van der Waals surface area contributed by atoms with Gasteiger partial charge < -0.3 is 18.9 Å². The summed E-state index contributed by atoms with van der Waals surface area (Å²) in [7, 11) is 1.40. The van der Waals surface area contributed by atoms with E-state index in [0.717, 1.165) is 10.5 Å². The number of amides is 1. The Hall–Kier alpha value is -2.61. The maximum atomic E-state index is 13.1. The quantitative estimate of drug-likeness (QED) is 0.322. The summed E-state index contributed by atoms with van der Waals surface area (Å²) in [6.07, 6.45) is -0.831. The molecular formula is C22H33NO7. The minimum atomic E-state index is -1.50. The van der Waals surface area contributed by atoms with Gasteiger partial charge in [0.05, 0.1) is 6.61 Å². The average molecular weight is 424 g/mol. The third kappa shape index (κ3) is 8.02. The maximum Gasteiger partial charge on any atom is 0.413 e. The second-order valence-electron chi connectivity index (χ2n) is 7.97. The zero-order valence-corrected chi connectivity index (χ0v) is 18.7. The van der Waals surface area contributed by atoms with E-state index in [0.29, 0.717) is 0 Å². The van der Waals surface area contributed by atoms with Crippen molar-refractivity contribution in [3.63, 3.8) is 0 Å². The van der Waals surface area contributed by atoms with Gasteiger partial charge in [-0.25, -0.2) is 9.59 Å². The molecule has 8 nitrogen and oxygen atoms in total. The van der Waals surface area contributed by atoms with Gasteiger partial charge in [0.15, 0.2) is 0 Å². The van der Waals surface area contributed by atoms with Crippen LogP contribution in [0.4, 0.5) is 4.79 Å². The molecule has 1 atom stereocenters. The number of benzene rings is 1. The molecule has 0 aromatic heterocycles. The molecule has 0 spiro atoms. The molecule has 0 N–H and O–H groups in total. The fourth-order valence-electron chi connectivity index (χ4n) is 2.65. The van der Waals surface area contributed by atoms with Crippen molar-refractivity contribution in [1.82, 2.24) is 4.90 Å². The van der Waals surface area contributed by atoms with Crippen molar-refractivity contribution in [2.24, 2.45) is 0 Å². The summed E-state index contributed by atoms with van der Waals surface area (Å²) in [4.78, 5) is 39.0. The predicted molar refractivity (Wildman–Crippen MR) is 110 cm³/mol. The van der Waals surface area contributed by atoms with Crippen LogP contribution in [0.15, 0.2) is 30.3 Å². The van der Waals surface area contributed by atoms with Gasteiger partial charge >= 0.3 is 18.0 Å². The highest BCUT2D eigenvalue weighted by atomic mass is 16.6. The smallest absolute Gasteiger partial charge is 0.413 e. The van der Waals surface area contributed by atoms with E-state index in [4.69, 9.17) is 18.9 Å². The van der Waals surface area contributed by atoms with Crippen LogP contribution in [-0.4, -0.2) is 54.5 Å². The number of carbonyl (C=O) groups excluding carboxylic acids is 3. The van der Waals surface area contributed by atoms with Crippen LogP contribution >= 0.6 is 0 Å². The molecule has 0 heterocycles. The molecule has 1 amide bonds. The van der Waals surface area contributed by atoms with Gasteiger partial charge in [0, 0.05) is 13.5 Å². The van der Waals surface area contributed by atoms with E-state index < -0.39 is 29.2 Å². The molecule has 1 aromatic rings. The second-order valence-corrected chi connectivity index (χ2v) is 7.97. The first kappa shape index (κ1) is 25.4. The molecule has 0 fully saturated rings. The van der Waals surface area contributed by atoms with Crippen molar-refractivity contribution in [2.45, 2.75) is 65.2 Å². The molecule has 0 aliphatic heterocycles. The van der Waals surface area contributed by atoms with Crippen LogP contribution < -0.4 is 0 Å². The average Bonchev–Trinajstić information content (AvgIpc) is 2.68. The SMILES string of the molecule is CCOC(=O)CC[C@](C)(C(=O)OCc1ccccc1)N(COC)C(=O)OC(C)(C)C. The molecule has 8 heteroatoms. The first-order valence-corrected chi connectivity index (χ1v) is 9.90. The zero-order chi connectivity index (χ0) is 22.8. The van der Waals surface area contributed by atoms with Gasteiger partial charge in [-0.3, -0.25) is 9.69 Å². The molecule has 0 radical (unpaired) electrons. The van der Waals surface area contributed by atoms with E-state index in [1.165, 1.54) is 14.0 Å². The number of methoxy groups -OCH3 is 1. The summed E-state index contributed by atoms with van der Waals surface area (Å²) in [5, 5.41) is 0. The van der Waals surface area contributed by atoms with Crippen molar-refractivity contribution >= 4 is 18.0 Å². The topological polar surface area (TPSA) is 91.4 Å². The first-order chi connectivity index (χ1) is 14.0. The van der Waals surface area contributed by atoms with E-state index in [1.54, 1.807) is 27.7 Å². The van der Waals surface area contributed by atoms with E-state index in [-0.39, 0.29) is 32.8 Å². The summed E-state index contributed by atoms with van der Waals surface area (Å²) < 4.78 is 21.1. The lowest BCUT2D eigenvalue weighted by Crippen LogP contribution is -2.57. The maximum absolute atomic E-state index is 13.1. The third-order valence-corrected chi connectivity index (χ3v) is 4.24. The van der Waals surface area contributed by atoms with Crippen LogP contribution in [0.3, 0.4) is 0 Å². The van der Waals surface area contributed by atoms with Crippen LogP contribution in [0.25, 0.3) is 0 Å². The molecule has 0 aliphatic rings. The summed E-state index contributed by atoms with van der Waals surface area (Å²) in [5.41, 5.74) is -1.48. The Morgan fingerprint density at radius 1 is 1.00 bits per heavy atom. The van der Waals surface area contributed by atoms with Crippen LogP contribution in [0.2, 0.25) is 0 Å². The molecule has 0 bridgehead atoms. The van der Waals surface area contributed by atoms with E-state index >= 15 is 0 Å². The fraction of sp³-hybridized carbons (Fsp3) is 0.591. The zero-order valence-electron chi connectivity index (χ0n) is 18.7. The molecule has 1 aromatic carbocycles. The summed E-state index contributed by atoms with van der Waals surface area (Å²) in [5.74, 6) is -1.14. The Balaban J connectivity index is 3.12. The minimum Gasteiger partial charge on any atom is -0.466 e. The standard InChI is InChI=1S/C22H33NO7/c1-7-28-18(24)13-14-22(5,19(25)29-15-17-11-9-8-10-12-17)23(16-27-6)20(26)30-21(2,3)4/h8-12H,7,13-16H2,1-6H3/t22-/m1/s1. The summed E-state index contributed by atoms with van der Waals surface area (Å²) in [6.45, 7) is 8.44. The van der Waals surface area contributed by atoms with E-state index in [9.17, 15) is 14.4 Å². The van der Waals surface area contributed by atoms with Gasteiger partial charge in [0.1, 0.15) is 24.5 Å². The number of esters is 2. The fourth-order valence-corrected chi connectivity index (χ4v) is 2.65. The van der Waals surface area contributed by atoms with Crippen molar-refractivity contribution < 1.29 is 33.3 Å². The Morgan fingerprint density at radius 3 is 2.17 bits per heavy atom. The molecule has 30 heavy (non-hydrogen) atoms. The number of hydrogen-bond acceptors (Lipinski definition) is 7. The van der Waals surface area contributed by atoms with Gasteiger partial charge in [0.2, 0.25) is 0 Å². The number of nitrogens with zero attached hydrogens (tertiary/aromatic N) is 1. The Bertz CT molecular complexity index is 699. The Kier molecular flexibility index (Phi) is 9.78. The molecular weight excluding hydrogens is 390 g/mol. The highest BCUT2D eigenvalue weighted by Gasteiger charge is 2.45. The van der Waals surface area contributed by atoms with Gasteiger partial charge in [0.25, 0.3) is 0 Å². The molecule has 1 rings (SSSR count). The summed E-state index contributed by atoms with van der Waals surface area (Å²) >= 11 is 0. The van der Waals surface area contributed by atoms with E-state index in [2.05, 4.69) is 0 Å². The van der Waals surface area contributed by atoms with Gasteiger partial charge in [-0.1, -0.05) is 30.3 Å². The molecule has 0 saturated heterocycles. The molecule has 0 aliphatic carbocycles. The molecule has 0 saturated carbocycles. The van der Waals surface area contributed by atoms with Crippen molar-refractivity contribution in [1.29, 1.82) is 0 Å². The number of carbonyl (C=O) groups is 3. The highest BCUT2D eigenvalue weighted by Crippen LogP contribution is 2.27. The highest BCUT2D eigenvalue weighted by molar-refractivity contribution is 5.86. The molecule has 0 unspecified atom stereocenters. The van der Waals surface area contributed by atoms with Crippen molar-refractivity contribution in [3.05, 3.63) is 35.9 Å². The Morgan fingerprint density at radius 2 is 1.63 bits per heavy atom. The van der Waals surface area contributed by atoms with Crippen molar-refractivity contribution in [2.75, 3.05) is 20.4 Å². The molecule has 168 valence electrons. The summed E-state index contributed by atoms with van der Waals surface area (Å²) in [6, 6.07) is 9.17. The monoisotopic (exact) mass is 423 g/mol. The predicted octanol–water partition coefficient (Wildman–Crippen LogP) is 3.67. The number of ether oxygens (including phenoxy) is 4. The third-order valence-electron chi connectivity index (χ3n) is 4.24. The van der Waals surface area contributed by atoms with Gasteiger partial charge in [-0.2, -0.15) is 0 Å². The van der Waals surface area contributed by atoms with Crippen LogP contribution in [0, 0.1) is 0 Å². The largest absolute Gasteiger partial charge is 0.466 e. The van der Waals surface area contributed by atoms with Crippen LogP contribution in [0.1, 0.15) is 53.0 Å².